The second kappa shape index (κ2) is 7.67. The van der Waals surface area contributed by atoms with Gasteiger partial charge in [0.25, 0.3) is 0 Å². The molecule has 4 nitrogen and oxygen atoms in total. The van der Waals surface area contributed by atoms with Crippen LogP contribution < -0.4 is 11.5 Å². The molecule has 0 bridgehead atoms. The molecule has 0 radical (unpaired) electrons. The Balaban J connectivity index is 0.00000106. The first-order valence-corrected chi connectivity index (χ1v) is 5.35. The van der Waals surface area contributed by atoms with Gasteiger partial charge in [0, 0.05) is 16.7 Å². The number of carbonyl (C=O) groups excluding carboxylic acids is 1. The third-order valence-corrected chi connectivity index (χ3v) is 2.79. The monoisotopic (exact) mass is 240 g/mol. The van der Waals surface area contributed by atoms with Crippen LogP contribution in [0.2, 0.25) is 0 Å². The molecule has 0 fully saturated rings. The summed E-state index contributed by atoms with van der Waals surface area (Å²) in [6.07, 6.45) is 3.10. The van der Waals surface area contributed by atoms with Gasteiger partial charge in [-0.25, -0.2) is 4.79 Å². The molecule has 0 amide bonds. The number of methoxy groups -OCH3 is 1. The molecule has 0 saturated carbocycles. The summed E-state index contributed by atoms with van der Waals surface area (Å²) in [4.78, 5) is 12.6. The molecule has 1 rings (SSSR count). The number of nitrogens with two attached hydrogens (primary N) is 2. The van der Waals surface area contributed by atoms with Gasteiger partial charge in [0.05, 0.1) is 7.11 Å². The van der Waals surface area contributed by atoms with Gasteiger partial charge in [0.15, 0.2) is 0 Å². The fourth-order valence-electron chi connectivity index (χ4n) is 0.954. The van der Waals surface area contributed by atoms with E-state index in [4.69, 9.17) is 5.73 Å². The molecule has 4 N–H and O–H groups in total. The molecule has 0 unspecified atom stereocenters. The van der Waals surface area contributed by atoms with Crippen LogP contribution in [0.25, 0.3) is 5.57 Å². The summed E-state index contributed by atoms with van der Waals surface area (Å²) in [6, 6.07) is 3.52. The van der Waals surface area contributed by atoms with Gasteiger partial charge in [-0.05, 0) is 19.2 Å². The van der Waals surface area contributed by atoms with Crippen molar-refractivity contribution in [2.45, 2.75) is 0 Å². The van der Waals surface area contributed by atoms with Crippen molar-refractivity contribution >= 4 is 22.9 Å². The first-order valence-electron chi connectivity index (χ1n) is 4.53. The predicted octanol–water partition coefficient (Wildman–Crippen LogP) is 1.60. The lowest BCUT2D eigenvalue weighted by Crippen LogP contribution is -1.96. The smallest absolute Gasteiger partial charge is 0.348 e. The highest BCUT2D eigenvalue weighted by Gasteiger charge is 2.09. The van der Waals surface area contributed by atoms with Gasteiger partial charge in [0.1, 0.15) is 4.88 Å². The van der Waals surface area contributed by atoms with Crippen molar-refractivity contribution < 1.29 is 9.53 Å². The first kappa shape index (κ1) is 14.4. The molecule has 0 aliphatic carbocycles. The Kier molecular flexibility index (Phi) is 6.91. The average Bonchev–Trinajstić information content (AvgIpc) is 2.82. The van der Waals surface area contributed by atoms with Crippen LogP contribution in [0, 0.1) is 0 Å². The number of rotatable bonds is 3. The minimum atomic E-state index is -0.332. The lowest BCUT2D eigenvalue weighted by Gasteiger charge is -1.94. The van der Waals surface area contributed by atoms with Crippen molar-refractivity contribution in [1.29, 1.82) is 0 Å². The molecule has 5 heteroatoms. The van der Waals surface area contributed by atoms with Gasteiger partial charge in [-0.3, -0.25) is 0 Å². The van der Waals surface area contributed by atoms with E-state index < -0.39 is 0 Å². The molecule has 88 valence electrons. The highest BCUT2D eigenvalue weighted by atomic mass is 32.1. The summed E-state index contributed by atoms with van der Waals surface area (Å²) in [5, 5.41) is 0. The second-order valence-corrected chi connectivity index (χ2v) is 3.57. The van der Waals surface area contributed by atoms with Crippen molar-refractivity contribution in [3.05, 3.63) is 40.7 Å². The Morgan fingerprint density at radius 1 is 1.44 bits per heavy atom. The summed E-state index contributed by atoms with van der Waals surface area (Å²) in [5.41, 5.74) is 10.7. The molecule has 1 aromatic heterocycles. The van der Waals surface area contributed by atoms with E-state index in [1.807, 2.05) is 6.07 Å². The van der Waals surface area contributed by atoms with E-state index in [9.17, 15) is 4.79 Å². The van der Waals surface area contributed by atoms with E-state index >= 15 is 0 Å². The lowest BCUT2D eigenvalue weighted by atomic mass is 10.2. The number of hydrogen-bond acceptors (Lipinski definition) is 5. The van der Waals surface area contributed by atoms with Crippen molar-refractivity contribution in [2.75, 3.05) is 14.2 Å². The number of carbonyl (C=O) groups is 1. The molecular formula is C11H16N2O2S. The highest BCUT2D eigenvalue weighted by molar-refractivity contribution is 7.15. The van der Waals surface area contributed by atoms with Gasteiger partial charge in [-0.2, -0.15) is 0 Å². The zero-order chi connectivity index (χ0) is 12.6. The van der Waals surface area contributed by atoms with Crippen LogP contribution in [0.15, 0.2) is 31.0 Å². The van der Waals surface area contributed by atoms with Gasteiger partial charge in [-0.1, -0.05) is 12.7 Å². The molecule has 16 heavy (non-hydrogen) atoms. The second-order valence-electron chi connectivity index (χ2n) is 2.48. The number of hydrogen-bond donors (Lipinski definition) is 2. The van der Waals surface area contributed by atoms with E-state index in [0.29, 0.717) is 4.88 Å². The third-order valence-electron chi connectivity index (χ3n) is 1.68. The lowest BCUT2D eigenvalue weighted by molar-refractivity contribution is 0.0606. The topological polar surface area (TPSA) is 78.3 Å². The minimum Gasteiger partial charge on any atom is -0.465 e. The maximum Gasteiger partial charge on any atom is 0.348 e. The van der Waals surface area contributed by atoms with Crippen molar-refractivity contribution in [2.24, 2.45) is 11.5 Å². The van der Waals surface area contributed by atoms with E-state index in [1.54, 1.807) is 12.1 Å². The fourth-order valence-corrected chi connectivity index (χ4v) is 1.90. The predicted molar refractivity (Wildman–Crippen MR) is 68.1 cm³/mol. The van der Waals surface area contributed by atoms with Crippen LogP contribution >= 0.6 is 11.3 Å². The summed E-state index contributed by atoms with van der Waals surface area (Å²) < 4.78 is 4.59. The number of allylic oxidation sites excluding steroid dienone is 2. The normalized spacial score (nSPS) is 10.1. The largest absolute Gasteiger partial charge is 0.465 e. The van der Waals surface area contributed by atoms with E-state index in [1.165, 1.54) is 31.7 Å². The number of thiophene rings is 1. The summed E-state index contributed by atoms with van der Waals surface area (Å²) in [7, 11) is 2.86. The molecule has 0 aliphatic heterocycles. The first-order chi connectivity index (χ1) is 7.72. The Bertz CT molecular complexity index is 383. The van der Waals surface area contributed by atoms with Gasteiger partial charge >= 0.3 is 5.97 Å². The summed E-state index contributed by atoms with van der Waals surface area (Å²) in [6.45, 7) is 3.62. The van der Waals surface area contributed by atoms with Gasteiger partial charge in [-0.15, -0.1) is 11.3 Å². The number of ether oxygens (including phenoxy) is 1. The Hall–Kier alpha value is -1.59. The summed E-state index contributed by atoms with van der Waals surface area (Å²) in [5.74, 6) is -0.332. The zero-order valence-electron chi connectivity index (χ0n) is 9.40. The SMILES string of the molecule is C=C/C(=C\N)c1ccc(C(=O)OC)s1.CN. The van der Waals surface area contributed by atoms with Crippen LogP contribution in [0.3, 0.4) is 0 Å². The summed E-state index contributed by atoms with van der Waals surface area (Å²) >= 11 is 1.33. The van der Waals surface area contributed by atoms with E-state index in [0.717, 1.165) is 10.5 Å². The Morgan fingerprint density at radius 3 is 2.44 bits per heavy atom. The van der Waals surface area contributed by atoms with Gasteiger partial charge < -0.3 is 16.2 Å². The van der Waals surface area contributed by atoms with Crippen LogP contribution in [0.5, 0.6) is 0 Å². The molecule has 1 aromatic rings. The van der Waals surface area contributed by atoms with Crippen molar-refractivity contribution in [3.8, 4) is 0 Å². The zero-order valence-corrected chi connectivity index (χ0v) is 10.2. The molecule has 0 aliphatic rings. The molecular weight excluding hydrogens is 224 g/mol. The fraction of sp³-hybridized carbons (Fsp3) is 0.182. The van der Waals surface area contributed by atoms with Crippen LogP contribution in [0.4, 0.5) is 0 Å². The Labute approximate surface area is 99.2 Å². The highest BCUT2D eigenvalue weighted by Crippen LogP contribution is 2.24. The molecule has 0 atom stereocenters. The maximum atomic E-state index is 11.1. The average molecular weight is 240 g/mol. The van der Waals surface area contributed by atoms with E-state index in [2.05, 4.69) is 17.0 Å². The van der Waals surface area contributed by atoms with Crippen LogP contribution in [0.1, 0.15) is 14.5 Å². The third kappa shape index (κ3) is 3.52. The maximum absolute atomic E-state index is 11.1. The van der Waals surface area contributed by atoms with Crippen LogP contribution in [-0.2, 0) is 4.74 Å². The minimum absolute atomic E-state index is 0.332. The van der Waals surface area contributed by atoms with E-state index in [-0.39, 0.29) is 5.97 Å². The molecule has 0 aromatic carbocycles. The standard InChI is InChI=1S/C10H11NO2S.CH5N/c1-3-7(6-11)8-4-5-9(14-8)10(12)13-2;1-2/h3-6H,1,11H2,2H3;2H2,1H3/b7-6+;. The molecule has 0 saturated heterocycles. The Morgan fingerprint density at radius 2 is 2.00 bits per heavy atom. The number of esters is 1. The quantitative estimate of drug-likeness (QED) is 0.621. The van der Waals surface area contributed by atoms with Gasteiger partial charge in [0.2, 0.25) is 0 Å². The molecule has 1 heterocycles. The van der Waals surface area contributed by atoms with Crippen molar-refractivity contribution in [3.63, 3.8) is 0 Å². The van der Waals surface area contributed by atoms with Crippen LogP contribution in [-0.4, -0.2) is 20.1 Å². The molecule has 0 spiro atoms. The van der Waals surface area contributed by atoms with Crippen molar-refractivity contribution in [1.82, 2.24) is 0 Å².